The number of carbonyl (C=O) groups excluding carboxylic acids is 1. The number of carboxylic acid groups (broad SMARTS) is 1. The number of nitrogens with two attached hydrogens (primary N) is 1. The van der Waals surface area contributed by atoms with Crippen molar-refractivity contribution >= 4 is 11.9 Å². The third-order valence-corrected chi connectivity index (χ3v) is 3.12. The zero-order valence-corrected chi connectivity index (χ0v) is 11.8. The van der Waals surface area contributed by atoms with Gasteiger partial charge in [-0.1, -0.05) is 19.8 Å². The molecule has 5 N–H and O–H groups in total. The molecule has 0 aromatic heterocycles. The number of carbonyl (C=O) groups is 2. The van der Waals surface area contributed by atoms with Crippen LogP contribution in [-0.4, -0.2) is 40.8 Å². The zero-order valence-electron chi connectivity index (χ0n) is 11.8. The van der Waals surface area contributed by atoms with E-state index in [9.17, 15) is 14.7 Å². The molecule has 1 amide bonds. The lowest BCUT2D eigenvalue weighted by Crippen LogP contribution is -2.47. The van der Waals surface area contributed by atoms with Crippen molar-refractivity contribution in [3.05, 3.63) is 0 Å². The molecule has 0 aromatic rings. The molecule has 0 bridgehead atoms. The standard InChI is InChI=1S/C13H26N2O4/c1-3-4-10(7-8-14)5-6-11(17)15-12(9(2)16)13(18)19/h9-10,12,16H,3-8,14H2,1-2H3,(H,15,17)(H,18,19). The summed E-state index contributed by atoms with van der Waals surface area (Å²) in [5.74, 6) is -1.17. The number of nitrogens with one attached hydrogen (secondary N) is 1. The number of aliphatic carboxylic acids is 1. The predicted octanol–water partition coefficient (Wildman–Crippen LogP) is 0.482. The summed E-state index contributed by atoms with van der Waals surface area (Å²) in [6.45, 7) is 4.02. The van der Waals surface area contributed by atoms with E-state index in [1.54, 1.807) is 0 Å². The van der Waals surface area contributed by atoms with Crippen molar-refractivity contribution in [3.8, 4) is 0 Å². The van der Waals surface area contributed by atoms with Gasteiger partial charge in [0, 0.05) is 6.42 Å². The molecule has 0 aliphatic heterocycles. The molecule has 0 saturated carbocycles. The molecule has 6 nitrogen and oxygen atoms in total. The molecule has 0 aromatic carbocycles. The van der Waals surface area contributed by atoms with Gasteiger partial charge >= 0.3 is 5.97 Å². The first kappa shape index (κ1) is 17.9. The highest BCUT2D eigenvalue weighted by molar-refractivity contribution is 5.83. The maximum Gasteiger partial charge on any atom is 0.328 e. The van der Waals surface area contributed by atoms with Crippen LogP contribution in [0.2, 0.25) is 0 Å². The van der Waals surface area contributed by atoms with E-state index in [2.05, 4.69) is 12.2 Å². The number of aliphatic hydroxyl groups excluding tert-OH is 1. The summed E-state index contributed by atoms with van der Waals surface area (Å²) in [5.41, 5.74) is 5.51. The van der Waals surface area contributed by atoms with Crippen molar-refractivity contribution in [2.24, 2.45) is 11.7 Å². The molecule has 3 atom stereocenters. The Bertz CT molecular complexity index is 276. The van der Waals surface area contributed by atoms with Gasteiger partial charge in [0.25, 0.3) is 0 Å². The molecule has 0 aliphatic rings. The summed E-state index contributed by atoms with van der Waals surface area (Å²) in [5, 5.41) is 20.4. The normalized spacial score (nSPS) is 15.6. The number of hydrogen-bond donors (Lipinski definition) is 4. The second-order valence-corrected chi connectivity index (χ2v) is 4.89. The van der Waals surface area contributed by atoms with E-state index in [1.807, 2.05) is 0 Å². The van der Waals surface area contributed by atoms with Crippen LogP contribution in [0.15, 0.2) is 0 Å². The highest BCUT2D eigenvalue weighted by Crippen LogP contribution is 2.16. The van der Waals surface area contributed by atoms with Crippen LogP contribution in [0.3, 0.4) is 0 Å². The lowest BCUT2D eigenvalue weighted by molar-refractivity contribution is -0.144. The van der Waals surface area contributed by atoms with E-state index in [4.69, 9.17) is 10.8 Å². The van der Waals surface area contributed by atoms with Gasteiger partial charge in [0.15, 0.2) is 6.04 Å². The SMILES string of the molecule is CCCC(CCN)CCC(=O)NC(C(=O)O)C(C)O. The van der Waals surface area contributed by atoms with Crippen LogP contribution in [0, 0.1) is 5.92 Å². The number of rotatable bonds is 10. The van der Waals surface area contributed by atoms with Gasteiger partial charge in [-0.2, -0.15) is 0 Å². The van der Waals surface area contributed by atoms with Gasteiger partial charge in [0.05, 0.1) is 6.10 Å². The molecule has 6 heteroatoms. The monoisotopic (exact) mass is 274 g/mol. The van der Waals surface area contributed by atoms with Crippen LogP contribution in [-0.2, 0) is 9.59 Å². The minimum atomic E-state index is -1.24. The fourth-order valence-corrected chi connectivity index (χ4v) is 2.05. The minimum absolute atomic E-state index is 0.265. The van der Waals surface area contributed by atoms with Crippen molar-refractivity contribution in [1.29, 1.82) is 0 Å². The summed E-state index contributed by atoms with van der Waals surface area (Å²) < 4.78 is 0. The molecule has 3 unspecified atom stereocenters. The van der Waals surface area contributed by atoms with Gasteiger partial charge in [-0.3, -0.25) is 4.79 Å². The van der Waals surface area contributed by atoms with Crippen LogP contribution in [0.5, 0.6) is 0 Å². The van der Waals surface area contributed by atoms with E-state index >= 15 is 0 Å². The van der Waals surface area contributed by atoms with Crippen LogP contribution in [0.25, 0.3) is 0 Å². The third-order valence-electron chi connectivity index (χ3n) is 3.12. The van der Waals surface area contributed by atoms with E-state index in [0.717, 1.165) is 19.3 Å². The van der Waals surface area contributed by atoms with Gasteiger partial charge in [0.1, 0.15) is 0 Å². The Kier molecular flexibility index (Phi) is 9.16. The second-order valence-electron chi connectivity index (χ2n) is 4.89. The summed E-state index contributed by atoms with van der Waals surface area (Å²) in [4.78, 5) is 22.5. The van der Waals surface area contributed by atoms with E-state index in [0.29, 0.717) is 18.9 Å². The Balaban J connectivity index is 4.18. The van der Waals surface area contributed by atoms with Crippen molar-refractivity contribution in [2.75, 3.05) is 6.54 Å². The molecule has 0 radical (unpaired) electrons. The summed E-state index contributed by atoms with van der Waals surface area (Å²) in [6.07, 6.45) is 2.78. The van der Waals surface area contributed by atoms with E-state index < -0.39 is 18.1 Å². The van der Waals surface area contributed by atoms with Crippen LogP contribution >= 0.6 is 0 Å². The number of amides is 1. The molecule has 0 spiro atoms. The average molecular weight is 274 g/mol. The smallest absolute Gasteiger partial charge is 0.328 e. The fourth-order valence-electron chi connectivity index (χ4n) is 2.05. The van der Waals surface area contributed by atoms with Crippen molar-refractivity contribution in [3.63, 3.8) is 0 Å². The Morgan fingerprint density at radius 3 is 2.32 bits per heavy atom. The Morgan fingerprint density at radius 1 is 1.26 bits per heavy atom. The first-order valence-electron chi connectivity index (χ1n) is 6.82. The molecule has 112 valence electrons. The van der Waals surface area contributed by atoms with Crippen molar-refractivity contribution < 1.29 is 19.8 Å². The Morgan fingerprint density at radius 2 is 1.89 bits per heavy atom. The van der Waals surface area contributed by atoms with Crippen molar-refractivity contribution in [2.45, 2.75) is 58.1 Å². The molecule has 0 heterocycles. The van der Waals surface area contributed by atoms with Crippen LogP contribution in [0.1, 0.15) is 46.0 Å². The lowest BCUT2D eigenvalue weighted by atomic mass is 9.94. The largest absolute Gasteiger partial charge is 0.480 e. The minimum Gasteiger partial charge on any atom is -0.480 e. The Hall–Kier alpha value is -1.14. The molecular weight excluding hydrogens is 248 g/mol. The van der Waals surface area contributed by atoms with Gasteiger partial charge < -0.3 is 21.3 Å². The molecular formula is C13H26N2O4. The average Bonchev–Trinajstić information content (AvgIpc) is 2.32. The highest BCUT2D eigenvalue weighted by Gasteiger charge is 2.24. The summed E-state index contributed by atoms with van der Waals surface area (Å²) >= 11 is 0. The fraction of sp³-hybridized carbons (Fsp3) is 0.846. The van der Waals surface area contributed by atoms with Gasteiger partial charge in [0.2, 0.25) is 5.91 Å². The first-order valence-corrected chi connectivity index (χ1v) is 6.82. The summed E-state index contributed by atoms with van der Waals surface area (Å²) in [6, 6.07) is -1.24. The Labute approximate surface area is 114 Å². The van der Waals surface area contributed by atoms with Crippen LogP contribution in [0.4, 0.5) is 0 Å². The lowest BCUT2D eigenvalue weighted by Gasteiger charge is -2.18. The van der Waals surface area contributed by atoms with E-state index in [1.165, 1.54) is 6.92 Å². The molecule has 0 saturated heterocycles. The highest BCUT2D eigenvalue weighted by atomic mass is 16.4. The number of hydrogen-bond acceptors (Lipinski definition) is 4. The second kappa shape index (κ2) is 9.75. The first-order chi connectivity index (χ1) is 8.92. The van der Waals surface area contributed by atoms with Gasteiger partial charge in [-0.05, 0) is 32.2 Å². The topological polar surface area (TPSA) is 113 Å². The van der Waals surface area contributed by atoms with Gasteiger partial charge in [-0.25, -0.2) is 4.79 Å². The molecule has 0 fully saturated rings. The number of carboxylic acids is 1. The van der Waals surface area contributed by atoms with Gasteiger partial charge in [-0.15, -0.1) is 0 Å². The predicted molar refractivity (Wildman–Crippen MR) is 72.6 cm³/mol. The maximum absolute atomic E-state index is 11.7. The number of aliphatic hydroxyl groups is 1. The molecule has 19 heavy (non-hydrogen) atoms. The third kappa shape index (κ3) is 7.79. The quantitative estimate of drug-likeness (QED) is 0.463. The molecule has 0 aliphatic carbocycles. The summed E-state index contributed by atoms with van der Waals surface area (Å²) in [7, 11) is 0. The van der Waals surface area contributed by atoms with E-state index in [-0.39, 0.29) is 12.3 Å². The van der Waals surface area contributed by atoms with Crippen LogP contribution < -0.4 is 11.1 Å². The molecule has 0 rings (SSSR count). The zero-order chi connectivity index (χ0) is 14.8. The van der Waals surface area contributed by atoms with Crippen molar-refractivity contribution in [1.82, 2.24) is 5.32 Å². The maximum atomic E-state index is 11.7.